The summed E-state index contributed by atoms with van der Waals surface area (Å²) in [6.45, 7) is 7.14. The molecule has 3 rings (SSSR count). The first-order valence-corrected chi connectivity index (χ1v) is 14.6. The van der Waals surface area contributed by atoms with Crippen LogP contribution >= 0.6 is 0 Å². The average molecular weight is 506 g/mol. The molecule has 202 valence electrons. The largest absolute Gasteiger partial charge is 0.494 e. The predicted molar refractivity (Wildman–Crippen MR) is 154 cm³/mol. The Morgan fingerprint density at radius 1 is 0.703 bits per heavy atom. The number of ether oxygens (including phenoxy) is 2. The van der Waals surface area contributed by atoms with Crippen LogP contribution in [0.4, 0.5) is 0 Å². The molecule has 3 aromatic rings. The molecular formula is C33H49N2O2+. The summed E-state index contributed by atoms with van der Waals surface area (Å²) in [7, 11) is 2.08. The zero-order chi connectivity index (χ0) is 26.1. The molecule has 4 heteroatoms. The van der Waals surface area contributed by atoms with E-state index in [0.29, 0.717) is 5.92 Å². The van der Waals surface area contributed by atoms with Crippen molar-refractivity contribution in [1.29, 1.82) is 0 Å². The Labute approximate surface area is 225 Å². The van der Waals surface area contributed by atoms with Crippen LogP contribution in [0.25, 0.3) is 11.1 Å². The first-order valence-electron chi connectivity index (χ1n) is 14.6. The van der Waals surface area contributed by atoms with Gasteiger partial charge >= 0.3 is 0 Å². The van der Waals surface area contributed by atoms with E-state index < -0.39 is 0 Å². The molecular weight excluding hydrogens is 456 g/mol. The van der Waals surface area contributed by atoms with Crippen LogP contribution < -0.4 is 14.0 Å². The van der Waals surface area contributed by atoms with Crippen molar-refractivity contribution in [1.82, 2.24) is 4.57 Å². The van der Waals surface area contributed by atoms with Gasteiger partial charge in [0.2, 0.25) is 6.33 Å². The summed E-state index contributed by atoms with van der Waals surface area (Å²) in [6, 6.07) is 16.8. The number of aryl methyl sites for hydroxylation is 2. The summed E-state index contributed by atoms with van der Waals surface area (Å²) in [6.07, 6.45) is 20.8. The van der Waals surface area contributed by atoms with Gasteiger partial charge in [0.15, 0.2) is 0 Å². The van der Waals surface area contributed by atoms with E-state index >= 15 is 0 Å². The van der Waals surface area contributed by atoms with E-state index in [9.17, 15) is 0 Å². The van der Waals surface area contributed by atoms with E-state index in [1.54, 1.807) is 0 Å². The molecule has 0 aliphatic heterocycles. The van der Waals surface area contributed by atoms with Crippen LogP contribution in [-0.4, -0.2) is 17.8 Å². The van der Waals surface area contributed by atoms with E-state index in [1.807, 2.05) is 0 Å². The molecule has 2 aromatic carbocycles. The molecule has 4 nitrogen and oxygen atoms in total. The third-order valence-electron chi connectivity index (χ3n) is 7.18. The summed E-state index contributed by atoms with van der Waals surface area (Å²) in [4.78, 5) is 0. The minimum Gasteiger partial charge on any atom is -0.494 e. The van der Waals surface area contributed by atoms with Gasteiger partial charge in [0, 0.05) is 0 Å². The molecule has 0 fully saturated rings. The SMILES string of the molecule is CCC(C)COc1ccc(-c2ccc(OCCCCCCCCCCCCn3cc[n+](C)c3)cc2)cc1. The van der Waals surface area contributed by atoms with Crippen LogP contribution in [0.5, 0.6) is 11.5 Å². The summed E-state index contributed by atoms with van der Waals surface area (Å²) < 4.78 is 16.2. The molecule has 1 heterocycles. The number of rotatable bonds is 19. The van der Waals surface area contributed by atoms with Crippen molar-refractivity contribution < 1.29 is 14.0 Å². The first kappa shape index (κ1) is 28.8. The van der Waals surface area contributed by atoms with Gasteiger partial charge in [0.1, 0.15) is 23.9 Å². The normalized spacial score (nSPS) is 12.0. The molecule has 0 aliphatic carbocycles. The van der Waals surface area contributed by atoms with E-state index in [4.69, 9.17) is 9.47 Å². The molecule has 1 atom stereocenters. The number of hydrogen-bond acceptors (Lipinski definition) is 2. The Bertz CT molecular complexity index is 978. The molecule has 0 bridgehead atoms. The van der Waals surface area contributed by atoms with E-state index in [-0.39, 0.29) is 0 Å². The minimum atomic E-state index is 0.585. The number of unbranched alkanes of at least 4 members (excludes halogenated alkanes) is 9. The molecule has 0 N–H and O–H groups in total. The number of hydrogen-bond donors (Lipinski definition) is 0. The van der Waals surface area contributed by atoms with Crippen molar-refractivity contribution in [2.24, 2.45) is 13.0 Å². The Morgan fingerprint density at radius 3 is 1.73 bits per heavy atom. The molecule has 0 radical (unpaired) electrons. The Kier molecular flexibility index (Phi) is 13.2. The third kappa shape index (κ3) is 11.5. The average Bonchev–Trinajstić information content (AvgIpc) is 3.35. The van der Waals surface area contributed by atoms with Gasteiger partial charge < -0.3 is 9.47 Å². The van der Waals surface area contributed by atoms with Crippen LogP contribution in [0.3, 0.4) is 0 Å². The second kappa shape index (κ2) is 16.9. The first-order chi connectivity index (χ1) is 18.1. The Morgan fingerprint density at radius 2 is 1.22 bits per heavy atom. The third-order valence-corrected chi connectivity index (χ3v) is 7.18. The fraction of sp³-hybridized carbons (Fsp3) is 0.545. The van der Waals surface area contributed by atoms with Gasteiger partial charge in [-0.05, 0) is 60.6 Å². The van der Waals surface area contributed by atoms with Gasteiger partial charge in [0.25, 0.3) is 0 Å². The topological polar surface area (TPSA) is 27.3 Å². The van der Waals surface area contributed by atoms with Crippen LogP contribution in [-0.2, 0) is 13.6 Å². The van der Waals surface area contributed by atoms with Crippen LogP contribution in [0.2, 0.25) is 0 Å². The quantitative estimate of drug-likeness (QED) is 0.121. The lowest BCUT2D eigenvalue weighted by atomic mass is 10.1. The number of aromatic nitrogens is 2. The van der Waals surface area contributed by atoms with Crippen LogP contribution in [0.1, 0.15) is 84.5 Å². The van der Waals surface area contributed by atoms with E-state index in [1.165, 1.54) is 68.9 Å². The van der Waals surface area contributed by atoms with Crippen LogP contribution in [0, 0.1) is 5.92 Å². The summed E-state index contributed by atoms with van der Waals surface area (Å²) in [5, 5.41) is 0. The molecule has 37 heavy (non-hydrogen) atoms. The fourth-order valence-electron chi connectivity index (χ4n) is 4.48. The fourth-order valence-corrected chi connectivity index (χ4v) is 4.48. The highest BCUT2D eigenvalue weighted by Gasteiger charge is 2.03. The zero-order valence-electron chi connectivity index (χ0n) is 23.5. The lowest BCUT2D eigenvalue weighted by molar-refractivity contribution is -0.671. The highest BCUT2D eigenvalue weighted by molar-refractivity contribution is 5.64. The Hall–Kier alpha value is -2.75. The van der Waals surface area contributed by atoms with E-state index in [0.717, 1.165) is 44.1 Å². The minimum absolute atomic E-state index is 0.585. The number of benzene rings is 2. The highest BCUT2D eigenvalue weighted by atomic mass is 16.5. The highest BCUT2D eigenvalue weighted by Crippen LogP contribution is 2.25. The molecule has 0 aliphatic rings. The summed E-state index contributed by atoms with van der Waals surface area (Å²) >= 11 is 0. The number of nitrogens with zero attached hydrogens (tertiary/aromatic N) is 2. The van der Waals surface area contributed by atoms with Gasteiger partial charge in [-0.1, -0.05) is 89.5 Å². The van der Waals surface area contributed by atoms with E-state index in [2.05, 4.69) is 97.3 Å². The number of imidazole rings is 1. The summed E-state index contributed by atoms with van der Waals surface area (Å²) in [5.74, 6) is 2.49. The zero-order valence-corrected chi connectivity index (χ0v) is 23.5. The second-order valence-electron chi connectivity index (χ2n) is 10.6. The van der Waals surface area contributed by atoms with Crippen molar-refractivity contribution in [3.63, 3.8) is 0 Å². The van der Waals surface area contributed by atoms with Gasteiger partial charge in [-0.3, -0.25) is 0 Å². The lowest BCUT2D eigenvalue weighted by Gasteiger charge is -2.11. The van der Waals surface area contributed by atoms with Gasteiger partial charge in [0.05, 0.1) is 26.8 Å². The van der Waals surface area contributed by atoms with Gasteiger partial charge in [-0.25, -0.2) is 9.13 Å². The van der Waals surface area contributed by atoms with Crippen LogP contribution in [0.15, 0.2) is 67.3 Å². The predicted octanol–water partition coefficient (Wildman–Crippen LogP) is 8.38. The Balaban J connectivity index is 1.17. The van der Waals surface area contributed by atoms with Crippen molar-refractivity contribution >= 4 is 0 Å². The van der Waals surface area contributed by atoms with Gasteiger partial charge in [-0.15, -0.1) is 0 Å². The maximum absolute atomic E-state index is 5.97. The van der Waals surface area contributed by atoms with Crippen molar-refractivity contribution in [3.05, 3.63) is 67.3 Å². The molecule has 0 saturated carbocycles. The standard InChI is InChI=1S/C33H49N2O2/c1-4-29(2)27-37-33-21-17-31(18-22-33)30-15-19-32(20-16-30)36-26-14-12-10-8-6-5-7-9-11-13-23-35-25-24-34(3)28-35/h15-22,24-25,28-29H,4-14,23,26-27H2,1-3H3/q+1. The second-order valence-corrected chi connectivity index (χ2v) is 10.6. The smallest absolute Gasteiger partial charge is 0.243 e. The maximum atomic E-state index is 5.97. The van der Waals surface area contributed by atoms with Crippen molar-refractivity contribution in [2.75, 3.05) is 13.2 Å². The molecule has 0 amide bonds. The van der Waals surface area contributed by atoms with Crippen molar-refractivity contribution in [3.8, 4) is 22.6 Å². The lowest BCUT2D eigenvalue weighted by Crippen LogP contribution is -2.23. The van der Waals surface area contributed by atoms with Crippen molar-refractivity contribution in [2.45, 2.75) is 91.0 Å². The molecule has 1 unspecified atom stereocenters. The van der Waals surface area contributed by atoms with Gasteiger partial charge in [-0.2, -0.15) is 0 Å². The summed E-state index contributed by atoms with van der Waals surface area (Å²) in [5.41, 5.74) is 2.41. The molecule has 0 spiro atoms. The molecule has 0 saturated heterocycles. The molecule has 1 aromatic heterocycles. The maximum Gasteiger partial charge on any atom is 0.243 e. The monoisotopic (exact) mass is 505 g/mol.